The Kier molecular flexibility index (Phi) is 3.52. The van der Waals surface area contributed by atoms with Crippen LogP contribution in [0.3, 0.4) is 0 Å². The van der Waals surface area contributed by atoms with Gasteiger partial charge in [0.2, 0.25) is 0 Å². The summed E-state index contributed by atoms with van der Waals surface area (Å²) < 4.78 is 0. The molecule has 0 heterocycles. The van der Waals surface area contributed by atoms with Gasteiger partial charge in [0.25, 0.3) is 0 Å². The van der Waals surface area contributed by atoms with E-state index >= 15 is 0 Å². The third-order valence-electron chi connectivity index (χ3n) is 7.92. The minimum atomic E-state index is -0.0690. The van der Waals surface area contributed by atoms with Gasteiger partial charge in [-0.25, -0.2) is 0 Å². The summed E-state index contributed by atoms with van der Waals surface area (Å²) in [7, 11) is 0. The molecule has 2 nitrogen and oxygen atoms in total. The maximum Gasteiger partial charge on any atom is 0.155 e. The molecule has 0 aromatic carbocycles. The molecular weight excluding hydrogens is 272 g/mol. The minimum absolute atomic E-state index is 0.0690. The third kappa shape index (κ3) is 1.99. The molecule has 4 aliphatic rings. The fraction of sp³-hybridized carbons (Fsp3) is 0.850. The molecule has 4 rings (SSSR count). The summed E-state index contributed by atoms with van der Waals surface area (Å²) in [6.45, 7) is 7.21. The first kappa shape index (κ1) is 14.9. The van der Waals surface area contributed by atoms with Crippen LogP contribution in [0.15, 0.2) is 11.6 Å². The van der Waals surface area contributed by atoms with Crippen molar-refractivity contribution < 1.29 is 9.90 Å². The average Bonchev–Trinajstić information content (AvgIpc) is 2.85. The topological polar surface area (TPSA) is 37.3 Å². The highest BCUT2D eigenvalue weighted by Gasteiger charge is 2.57. The number of carbonyl (C=O) groups is 1. The molecule has 9 atom stereocenters. The van der Waals surface area contributed by atoms with Crippen LogP contribution in [-0.2, 0) is 4.79 Å². The van der Waals surface area contributed by atoms with Crippen molar-refractivity contribution in [3.05, 3.63) is 11.6 Å². The fourth-order valence-electron chi connectivity index (χ4n) is 7.02. The molecule has 0 aromatic rings. The first-order chi connectivity index (χ1) is 10.5. The van der Waals surface area contributed by atoms with E-state index in [1.165, 1.54) is 12.0 Å². The zero-order valence-electron chi connectivity index (χ0n) is 14.2. The Bertz CT molecular complexity index is 508. The van der Waals surface area contributed by atoms with E-state index in [-0.39, 0.29) is 6.10 Å². The monoisotopic (exact) mass is 302 g/mol. The minimum Gasteiger partial charge on any atom is -0.393 e. The Hall–Kier alpha value is -0.630. The molecule has 0 spiro atoms. The van der Waals surface area contributed by atoms with Crippen molar-refractivity contribution in [2.75, 3.05) is 0 Å². The van der Waals surface area contributed by atoms with Gasteiger partial charge < -0.3 is 5.11 Å². The zero-order valence-corrected chi connectivity index (χ0v) is 14.2. The van der Waals surface area contributed by atoms with Crippen molar-refractivity contribution in [3.63, 3.8) is 0 Å². The lowest BCUT2D eigenvalue weighted by molar-refractivity contribution is -0.117. The normalized spacial score (nSPS) is 54.3. The van der Waals surface area contributed by atoms with Crippen molar-refractivity contribution in [3.8, 4) is 0 Å². The van der Waals surface area contributed by atoms with Crippen molar-refractivity contribution in [1.82, 2.24) is 0 Å². The first-order valence-electron chi connectivity index (χ1n) is 9.40. The van der Waals surface area contributed by atoms with Crippen molar-refractivity contribution in [2.45, 2.75) is 59.0 Å². The highest BCUT2D eigenvalue weighted by atomic mass is 16.3. The van der Waals surface area contributed by atoms with Crippen LogP contribution in [0.2, 0.25) is 0 Å². The molecule has 2 heteroatoms. The van der Waals surface area contributed by atoms with Gasteiger partial charge in [0, 0.05) is 6.42 Å². The third-order valence-corrected chi connectivity index (χ3v) is 7.92. The maximum atomic E-state index is 11.8. The molecule has 22 heavy (non-hydrogen) atoms. The second-order valence-corrected chi connectivity index (χ2v) is 8.77. The molecule has 4 aliphatic carbocycles. The van der Waals surface area contributed by atoms with Gasteiger partial charge in [-0.1, -0.05) is 26.3 Å². The molecule has 1 N–H and O–H groups in total. The van der Waals surface area contributed by atoms with Crippen LogP contribution < -0.4 is 0 Å². The van der Waals surface area contributed by atoms with Gasteiger partial charge in [0.15, 0.2) is 5.78 Å². The van der Waals surface area contributed by atoms with Crippen LogP contribution >= 0.6 is 0 Å². The number of hydrogen-bond acceptors (Lipinski definition) is 2. The number of aliphatic hydroxyl groups is 1. The average molecular weight is 302 g/mol. The molecule has 0 bridgehead atoms. The molecule has 0 saturated heterocycles. The zero-order chi connectivity index (χ0) is 15.6. The van der Waals surface area contributed by atoms with Gasteiger partial charge in [-0.3, -0.25) is 4.79 Å². The number of carbonyl (C=O) groups excluding carboxylic acids is 1. The van der Waals surface area contributed by atoms with Crippen molar-refractivity contribution >= 4 is 5.78 Å². The summed E-state index contributed by atoms with van der Waals surface area (Å²) in [5.74, 6) is 5.71. The fourth-order valence-corrected chi connectivity index (χ4v) is 7.02. The van der Waals surface area contributed by atoms with E-state index in [9.17, 15) is 9.90 Å². The highest BCUT2D eigenvalue weighted by molar-refractivity contribution is 5.91. The van der Waals surface area contributed by atoms with Crippen molar-refractivity contribution in [1.29, 1.82) is 0 Å². The molecule has 7 unspecified atom stereocenters. The van der Waals surface area contributed by atoms with E-state index in [0.29, 0.717) is 35.4 Å². The van der Waals surface area contributed by atoms with Crippen LogP contribution in [0.1, 0.15) is 52.9 Å². The lowest BCUT2D eigenvalue weighted by Crippen LogP contribution is -2.52. The maximum absolute atomic E-state index is 11.8. The highest BCUT2D eigenvalue weighted by Crippen LogP contribution is 2.61. The number of hydrogen-bond donors (Lipinski definition) is 1. The number of fused-ring (bicyclic) bond motifs is 5. The SMILES string of the molecule is CC1C2C(O)CCC2C2C(C3CCC(=O)C=C3C[C@H]2C)[C@H]1C. The smallest absolute Gasteiger partial charge is 0.155 e. The van der Waals surface area contributed by atoms with E-state index in [1.54, 1.807) is 0 Å². The first-order valence-corrected chi connectivity index (χ1v) is 9.40. The van der Waals surface area contributed by atoms with Gasteiger partial charge >= 0.3 is 0 Å². The summed E-state index contributed by atoms with van der Waals surface area (Å²) in [5, 5.41) is 10.5. The van der Waals surface area contributed by atoms with Crippen LogP contribution in [0.5, 0.6) is 0 Å². The molecule has 0 aliphatic heterocycles. The molecule has 3 saturated carbocycles. The predicted molar refractivity (Wildman–Crippen MR) is 87.1 cm³/mol. The van der Waals surface area contributed by atoms with Gasteiger partial charge in [0.1, 0.15) is 0 Å². The summed E-state index contributed by atoms with van der Waals surface area (Å²) in [6, 6.07) is 0. The van der Waals surface area contributed by atoms with Gasteiger partial charge in [-0.15, -0.1) is 0 Å². The molecule has 0 aromatic heterocycles. The molecule has 0 radical (unpaired) electrons. The van der Waals surface area contributed by atoms with Gasteiger partial charge in [-0.2, -0.15) is 0 Å². The number of ketones is 1. The van der Waals surface area contributed by atoms with Crippen LogP contribution in [-0.4, -0.2) is 17.0 Å². The summed E-state index contributed by atoms with van der Waals surface area (Å²) in [5.41, 5.74) is 1.46. The number of allylic oxidation sites excluding steroid dienone is 1. The number of rotatable bonds is 0. The lowest BCUT2D eigenvalue weighted by atomic mass is 9.48. The Morgan fingerprint density at radius 2 is 1.73 bits per heavy atom. The Morgan fingerprint density at radius 3 is 2.50 bits per heavy atom. The molecular formula is C20H30O2. The summed E-state index contributed by atoms with van der Waals surface area (Å²) in [4.78, 5) is 11.8. The van der Waals surface area contributed by atoms with Crippen molar-refractivity contribution in [2.24, 2.45) is 47.3 Å². The Morgan fingerprint density at radius 1 is 1.00 bits per heavy atom. The summed E-state index contributed by atoms with van der Waals surface area (Å²) in [6.07, 6.45) is 7.11. The van der Waals surface area contributed by atoms with E-state index < -0.39 is 0 Å². The van der Waals surface area contributed by atoms with E-state index in [4.69, 9.17) is 0 Å². The molecule has 3 fully saturated rings. The number of aliphatic hydroxyl groups excluding tert-OH is 1. The Labute approximate surface area is 134 Å². The second kappa shape index (κ2) is 5.19. The largest absolute Gasteiger partial charge is 0.393 e. The van der Waals surface area contributed by atoms with E-state index in [1.807, 2.05) is 6.08 Å². The summed E-state index contributed by atoms with van der Waals surface area (Å²) >= 11 is 0. The molecule has 0 amide bonds. The van der Waals surface area contributed by atoms with E-state index in [2.05, 4.69) is 20.8 Å². The quantitative estimate of drug-likeness (QED) is 0.738. The van der Waals surface area contributed by atoms with Crippen LogP contribution in [0, 0.1) is 47.3 Å². The standard InChI is InChI=1S/C20H30O2/c1-10-8-13-9-14(21)4-5-15(13)20-12(3)11(2)19-16(18(10)20)6-7-17(19)22/h9-12,15-20,22H,4-8H2,1-3H3/t10-,11?,12+,15?,16?,17?,18?,19?,20?/m1/s1. The molecule has 122 valence electrons. The van der Waals surface area contributed by atoms with Crippen LogP contribution in [0.25, 0.3) is 0 Å². The predicted octanol–water partition coefficient (Wildman–Crippen LogP) is 3.84. The second-order valence-electron chi connectivity index (χ2n) is 8.77. The van der Waals surface area contributed by atoms with Gasteiger partial charge in [-0.05, 0) is 79.1 Å². The lowest BCUT2D eigenvalue weighted by Gasteiger charge is -2.57. The van der Waals surface area contributed by atoms with E-state index in [0.717, 1.165) is 43.4 Å². The Balaban J connectivity index is 1.73. The van der Waals surface area contributed by atoms with Crippen LogP contribution in [0.4, 0.5) is 0 Å². The van der Waals surface area contributed by atoms with Gasteiger partial charge in [0.05, 0.1) is 6.10 Å².